The number of ether oxygens (including phenoxy) is 1. The van der Waals surface area contributed by atoms with Crippen molar-refractivity contribution in [1.82, 2.24) is 5.43 Å². The molecule has 1 unspecified atom stereocenters. The summed E-state index contributed by atoms with van der Waals surface area (Å²) in [6.45, 7) is 0. The molecule has 0 fully saturated rings. The molecule has 1 atom stereocenters. The zero-order chi connectivity index (χ0) is 15.4. The molecule has 3 nitrogen and oxygen atoms in total. The van der Waals surface area contributed by atoms with Gasteiger partial charge < -0.3 is 4.74 Å². The maximum absolute atomic E-state index is 14.0. The Labute approximate surface area is 126 Å². The first-order valence-electron chi connectivity index (χ1n) is 6.29. The Kier molecular flexibility index (Phi) is 5.12. The number of nitrogens with two attached hydrogens (primary N) is 1. The van der Waals surface area contributed by atoms with Gasteiger partial charge in [0.1, 0.15) is 17.4 Å². The molecule has 0 heterocycles. The van der Waals surface area contributed by atoms with Crippen LogP contribution in [-0.4, -0.2) is 7.11 Å². The summed E-state index contributed by atoms with van der Waals surface area (Å²) in [4.78, 5) is 0. The third-order valence-electron chi connectivity index (χ3n) is 3.22. The van der Waals surface area contributed by atoms with E-state index in [-0.39, 0.29) is 11.4 Å². The number of benzene rings is 2. The molecule has 2 aromatic carbocycles. The average Bonchev–Trinajstić information content (AvgIpc) is 2.49. The number of hydrogen-bond acceptors (Lipinski definition) is 3. The molecule has 0 spiro atoms. The molecule has 112 valence electrons. The number of nitrogens with one attached hydrogen (secondary N) is 1. The van der Waals surface area contributed by atoms with Crippen molar-refractivity contribution in [2.24, 2.45) is 5.84 Å². The van der Waals surface area contributed by atoms with Crippen molar-refractivity contribution in [2.75, 3.05) is 7.11 Å². The third-order valence-corrected chi connectivity index (χ3v) is 3.52. The normalized spacial score (nSPS) is 12.2. The second kappa shape index (κ2) is 6.85. The number of hydrogen-bond donors (Lipinski definition) is 2. The maximum atomic E-state index is 14.0. The molecule has 6 heteroatoms. The lowest BCUT2D eigenvalue weighted by Gasteiger charge is -2.19. The first-order chi connectivity index (χ1) is 10.1. The van der Waals surface area contributed by atoms with Crippen molar-refractivity contribution in [3.05, 3.63) is 64.2 Å². The highest BCUT2D eigenvalue weighted by Gasteiger charge is 2.19. The van der Waals surface area contributed by atoms with Crippen LogP contribution in [0.2, 0.25) is 5.02 Å². The van der Waals surface area contributed by atoms with E-state index in [1.807, 2.05) is 0 Å². The maximum Gasteiger partial charge on any atom is 0.145 e. The quantitative estimate of drug-likeness (QED) is 0.657. The van der Waals surface area contributed by atoms with Crippen molar-refractivity contribution in [2.45, 2.75) is 12.5 Å². The predicted molar refractivity (Wildman–Crippen MR) is 78.1 cm³/mol. The van der Waals surface area contributed by atoms with Gasteiger partial charge in [0.15, 0.2) is 0 Å². The van der Waals surface area contributed by atoms with Gasteiger partial charge in [-0.05, 0) is 36.2 Å². The molecule has 21 heavy (non-hydrogen) atoms. The molecule has 2 aromatic rings. The molecule has 0 aliphatic rings. The largest absolute Gasteiger partial charge is 0.496 e. The lowest BCUT2D eigenvalue weighted by atomic mass is 9.98. The SMILES string of the molecule is COc1ccc(F)cc1C(Cc1cccc(Cl)c1F)NN. The van der Waals surface area contributed by atoms with E-state index in [0.29, 0.717) is 16.9 Å². The van der Waals surface area contributed by atoms with Crippen LogP contribution in [0.1, 0.15) is 17.2 Å². The van der Waals surface area contributed by atoms with E-state index >= 15 is 0 Å². The fourth-order valence-electron chi connectivity index (χ4n) is 2.16. The molecule has 2 rings (SSSR count). The van der Waals surface area contributed by atoms with E-state index in [4.69, 9.17) is 22.2 Å². The molecule has 0 saturated heterocycles. The van der Waals surface area contributed by atoms with E-state index < -0.39 is 17.7 Å². The van der Waals surface area contributed by atoms with Gasteiger partial charge in [-0.3, -0.25) is 11.3 Å². The Balaban J connectivity index is 2.36. The van der Waals surface area contributed by atoms with Gasteiger partial charge >= 0.3 is 0 Å². The van der Waals surface area contributed by atoms with Gasteiger partial charge in [-0.25, -0.2) is 8.78 Å². The zero-order valence-corrected chi connectivity index (χ0v) is 12.1. The molecule has 0 aliphatic carbocycles. The van der Waals surface area contributed by atoms with Gasteiger partial charge in [-0.15, -0.1) is 0 Å². The fraction of sp³-hybridized carbons (Fsp3) is 0.200. The van der Waals surface area contributed by atoms with Crippen LogP contribution >= 0.6 is 11.6 Å². The standard InChI is InChI=1S/C15H15ClF2N2O/c1-21-14-6-5-10(17)8-11(14)13(20-19)7-9-3-2-4-12(16)15(9)18/h2-6,8,13,20H,7,19H2,1H3. The summed E-state index contributed by atoms with van der Waals surface area (Å²) in [7, 11) is 1.48. The van der Waals surface area contributed by atoms with Crippen LogP contribution in [0.25, 0.3) is 0 Å². The molecule has 0 bridgehead atoms. The van der Waals surface area contributed by atoms with E-state index in [0.717, 1.165) is 0 Å². The van der Waals surface area contributed by atoms with E-state index in [2.05, 4.69) is 5.43 Å². The van der Waals surface area contributed by atoms with Crippen molar-refractivity contribution in [3.63, 3.8) is 0 Å². The summed E-state index contributed by atoms with van der Waals surface area (Å²) in [5, 5.41) is 0.0366. The van der Waals surface area contributed by atoms with Crippen molar-refractivity contribution < 1.29 is 13.5 Å². The Morgan fingerprint density at radius 2 is 2.05 bits per heavy atom. The first kappa shape index (κ1) is 15.7. The Morgan fingerprint density at radius 1 is 1.29 bits per heavy atom. The summed E-state index contributed by atoms with van der Waals surface area (Å²) < 4.78 is 32.6. The second-order valence-electron chi connectivity index (χ2n) is 4.52. The number of hydrazine groups is 1. The molecule has 0 radical (unpaired) electrons. The van der Waals surface area contributed by atoms with Crippen LogP contribution in [0.15, 0.2) is 36.4 Å². The highest BCUT2D eigenvalue weighted by atomic mass is 35.5. The number of halogens is 3. The number of rotatable bonds is 5. The topological polar surface area (TPSA) is 47.3 Å². The zero-order valence-electron chi connectivity index (χ0n) is 11.4. The average molecular weight is 313 g/mol. The van der Waals surface area contributed by atoms with E-state index in [1.54, 1.807) is 12.1 Å². The van der Waals surface area contributed by atoms with Gasteiger partial charge in [-0.2, -0.15) is 0 Å². The van der Waals surface area contributed by atoms with Crippen molar-refractivity contribution in [1.29, 1.82) is 0 Å². The minimum Gasteiger partial charge on any atom is -0.496 e. The van der Waals surface area contributed by atoms with Gasteiger partial charge in [0, 0.05) is 5.56 Å². The van der Waals surface area contributed by atoms with Crippen LogP contribution < -0.4 is 16.0 Å². The Morgan fingerprint density at radius 3 is 2.71 bits per heavy atom. The van der Waals surface area contributed by atoms with E-state index in [1.165, 1.54) is 31.4 Å². The lowest BCUT2D eigenvalue weighted by molar-refractivity contribution is 0.396. The summed E-state index contributed by atoms with van der Waals surface area (Å²) in [6.07, 6.45) is 0.211. The Bertz CT molecular complexity index is 637. The molecular weight excluding hydrogens is 298 g/mol. The smallest absolute Gasteiger partial charge is 0.145 e. The highest BCUT2D eigenvalue weighted by molar-refractivity contribution is 6.30. The minimum atomic E-state index is -0.511. The van der Waals surface area contributed by atoms with Crippen LogP contribution in [0, 0.1) is 11.6 Å². The van der Waals surface area contributed by atoms with Crippen molar-refractivity contribution in [3.8, 4) is 5.75 Å². The minimum absolute atomic E-state index is 0.0366. The Hall–Kier alpha value is -1.69. The van der Waals surface area contributed by atoms with Gasteiger partial charge in [-0.1, -0.05) is 23.7 Å². The van der Waals surface area contributed by atoms with Crippen molar-refractivity contribution >= 4 is 11.6 Å². The molecule has 0 aromatic heterocycles. The fourth-order valence-corrected chi connectivity index (χ4v) is 2.36. The predicted octanol–water partition coefficient (Wildman–Crippen LogP) is 3.37. The van der Waals surface area contributed by atoms with Crippen LogP contribution in [-0.2, 0) is 6.42 Å². The first-order valence-corrected chi connectivity index (χ1v) is 6.67. The summed E-state index contributed by atoms with van der Waals surface area (Å²) in [6, 6.07) is 8.32. The molecule has 0 amide bonds. The molecule has 0 aliphatic heterocycles. The lowest BCUT2D eigenvalue weighted by Crippen LogP contribution is -2.30. The van der Waals surface area contributed by atoms with Gasteiger partial charge in [0.2, 0.25) is 0 Å². The van der Waals surface area contributed by atoms with Gasteiger partial charge in [0.05, 0.1) is 18.2 Å². The van der Waals surface area contributed by atoms with Gasteiger partial charge in [0.25, 0.3) is 0 Å². The highest BCUT2D eigenvalue weighted by Crippen LogP contribution is 2.29. The summed E-state index contributed by atoms with van der Waals surface area (Å²) in [5.74, 6) is 5.08. The number of methoxy groups -OCH3 is 1. The summed E-state index contributed by atoms with van der Waals surface area (Å²) in [5.41, 5.74) is 3.46. The second-order valence-corrected chi connectivity index (χ2v) is 4.93. The molecule has 0 saturated carbocycles. The third kappa shape index (κ3) is 3.50. The van der Waals surface area contributed by atoms with Crippen LogP contribution in [0.3, 0.4) is 0 Å². The van der Waals surface area contributed by atoms with Crippen LogP contribution in [0.5, 0.6) is 5.75 Å². The molecular formula is C15H15ClF2N2O. The van der Waals surface area contributed by atoms with E-state index in [9.17, 15) is 8.78 Å². The molecule has 3 N–H and O–H groups in total. The monoisotopic (exact) mass is 312 g/mol. The van der Waals surface area contributed by atoms with Crippen LogP contribution in [0.4, 0.5) is 8.78 Å². The summed E-state index contributed by atoms with van der Waals surface area (Å²) >= 11 is 5.76.